The maximum Gasteiger partial charge on any atom is 0.256 e. The zero-order valence-corrected chi connectivity index (χ0v) is 13.5. The average molecular weight is 306 g/mol. The first-order valence-electron chi connectivity index (χ1n) is 7.31. The fourth-order valence-corrected chi connectivity index (χ4v) is 2.93. The summed E-state index contributed by atoms with van der Waals surface area (Å²) < 4.78 is 0. The highest BCUT2D eigenvalue weighted by Crippen LogP contribution is 2.23. The van der Waals surface area contributed by atoms with Crippen LogP contribution in [0.5, 0.6) is 0 Å². The second-order valence-electron chi connectivity index (χ2n) is 5.29. The summed E-state index contributed by atoms with van der Waals surface area (Å²) in [4.78, 5) is 26.5. The Balaban J connectivity index is 2.19. The van der Waals surface area contributed by atoms with Crippen molar-refractivity contribution in [2.45, 2.75) is 26.2 Å². The van der Waals surface area contributed by atoms with Gasteiger partial charge in [0.15, 0.2) is 0 Å². The van der Waals surface area contributed by atoms with Crippen molar-refractivity contribution >= 4 is 29.3 Å². The number of benzene rings is 1. The van der Waals surface area contributed by atoms with E-state index in [2.05, 4.69) is 5.32 Å². The summed E-state index contributed by atoms with van der Waals surface area (Å²) in [5.74, 6) is 0.781. The third-order valence-electron chi connectivity index (χ3n) is 3.69. The van der Waals surface area contributed by atoms with Crippen molar-refractivity contribution < 1.29 is 9.59 Å². The van der Waals surface area contributed by atoms with Crippen LogP contribution in [0.3, 0.4) is 0 Å². The summed E-state index contributed by atoms with van der Waals surface area (Å²) >= 11 is 1.64. The van der Waals surface area contributed by atoms with Crippen molar-refractivity contribution in [3.63, 3.8) is 0 Å². The highest BCUT2D eigenvalue weighted by molar-refractivity contribution is 7.98. The number of rotatable bonds is 5. The summed E-state index contributed by atoms with van der Waals surface area (Å²) in [6.45, 7) is 3.54. The number of nitrogens with one attached hydrogen (secondary N) is 1. The molecular weight excluding hydrogens is 284 g/mol. The second kappa shape index (κ2) is 7.50. The van der Waals surface area contributed by atoms with Crippen molar-refractivity contribution in [1.29, 1.82) is 0 Å². The van der Waals surface area contributed by atoms with Crippen LogP contribution >= 0.6 is 11.8 Å². The van der Waals surface area contributed by atoms with Gasteiger partial charge in [0.2, 0.25) is 5.91 Å². The van der Waals surface area contributed by atoms with Crippen LogP contribution < -0.4 is 5.32 Å². The predicted octanol–water partition coefficient (Wildman–Crippen LogP) is 2.92. The van der Waals surface area contributed by atoms with Gasteiger partial charge in [0, 0.05) is 25.3 Å². The van der Waals surface area contributed by atoms with Gasteiger partial charge < -0.3 is 10.2 Å². The lowest BCUT2D eigenvalue weighted by molar-refractivity contribution is -0.115. The molecule has 2 rings (SSSR count). The number of amides is 2. The van der Waals surface area contributed by atoms with Crippen LogP contribution in [-0.2, 0) is 4.79 Å². The van der Waals surface area contributed by atoms with E-state index in [0.717, 1.165) is 37.2 Å². The van der Waals surface area contributed by atoms with Crippen molar-refractivity contribution in [2.75, 3.05) is 30.4 Å². The number of carbonyl (C=O) groups is 2. The molecule has 5 heteroatoms. The summed E-state index contributed by atoms with van der Waals surface area (Å²) in [6, 6.07) is 5.61. The van der Waals surface area contributed by atoms with E-state index >= 15 is 0 Å². The summed E-state index contributed by atoms with van der Waals surface area (Å²) in [6.07, 6.45) is 4.56. The third-order valence-corrected chi connectivity index (χ3v) is 4.30. The van der Waals surface area contributed by atoms with Gasteiger partial charge in [0.1, 0.15) is 0 Å². The Kier molecular flexibility index (Phi) is 5.67. The molecule has 4 nitrogen and oxygen atoms in total. The van der Waals surface area contributed by atoms with E-state index in [0.29, 0.717) is 17.7 Å². The van der Waals surface area contributed by atoms with Crippen molar-refractivity contribution in [3.05, 3.63) is 29.3 Å². The van der Waals surface area contributed by atoms with E-state index in [9.17, 15) is 9.59 Å². The second-order valence-corrected chi connectivity index (χ2v) is 6.27. The molecule has 0 bridgehead atoms. The maximum atomic E-state index is 12.7. The molecule has 21 heavy (non-hydrogen) atoms. The van der Waals surface area contributed by atoms with E-state index < -0.39 is 0 Å². The Morgan fingerprint density at radius 2 is 2.00 bits per heavy atom. The van der Waals surface area contributed by atoms with Crippen LogP contribution in [0.15, 0.2) is 18.2 Å². The molecule has 1 aromatic rings. The number of hydrogen-bond donors (Lipinski definition) is 1. The van der Waals surface area contributed by atoms with Gasteiger partial charge in [-0.05, 0) is 37.7 Å². The van der Waals surface area contributed by atoms with Gasteiger partial charge in [-0.1, -0.05) is 12.1 Å². The average Bonchev–Trinajstić information content (AvgIpc) is 2.99. The largest absolute Gasteiger partial charge is 0.339 e. The van der Waals surface area contributed by atoms with Crippen LogP contribution in [0.2, 0.25) is 0 Å². The SMILES string of the molecule is CSCCC(=O)Nc1cccc(C)c1C(=O)N1CCCC1. The van der Waals surface area contributed by atoms with Gasteiger partial charge in [0.05, 0.1) is 11.3 Å². The first kappa shape index (κ1) is 15.9. The molecule has 2 amide bonds. The highest BCUT2D eigenvalue weighted by Gasteiger charge is 2.23. The molecule has 1 N–H and O–H groups in total. The number of anilines is 1. The molecule has 114 valence electrons. The summed E-state index contributed by atoms with van der Waals surface area (Å²) in [5.41, 5.74) is 2.18. The Bertz CT molecular complexity index is 525. The van der Waals surface area contributed by atoms with E-state index in [1.807, 2.05) is 36.3 Å². The first-order valence-corrected chi connectivity index (χ1v) is 8.70. The Morgan fingerprint density at radius 1 is 1.29 bits per heavy atom. The maximum absolute atomic E-state index is 12.7. The van der Waals surface area contributed by atoms with Crippen LogP contribution in [0.1, 0.15) is 35.2 Å². The number of hydrogen-bond acceptors (Lipinski definition) is 3. The molecule has 1 saturated heterocycles. The van der Waals surface area contributed by atoms with Gasteiger partial charge in [-0.3, -0.25) is 9.59 Å². The van der Waals surface area contributed by atoms with Crippen molar-refractivity contribution in [2.24, 2.45) is 0 Å². The van der Waals surface area contributed by atoms with Gasteiger partial charge in [-0.15, -0.1) is 0 Å². The molecule has 0 radical (unpaired) electrons. The van der Waals surface area contributed by atoms with Crippen molar-refractivity contribution in [3.8, 4) is 0 Å². The molecule has 0 spiro atoms. The minimum Gasteiger partial charge on any atom is -0.339 e. The predicted molar refractivity (Wildman–Crippen MR) is 87.9 cm³/mol. The lowest BCUT2D eigenvalue weighted by atomic mass is 10.0. The quantitative estimate of drug-likeness (QED) is 0.910. The molecule has 0 atom stereocenters. The molecule has 1 aliphatic rings. The zero-order chi connectivity index (χ0) is 15.2. The number of aryl methyl sites for hydroxylation is 1. The molecule has 0 aromatic heterocycles. The molecule has 0 saturated carbocycles. The van der Waals surface area contributed by atoms with E-state index in [1.165, 1.54) is 0 Å². The van der Waals surface area contributed by atoms with Crippen LogP contribution in [0.4, 0.5) is 5.69 Å². The van der Waals surface area contributed by atoms with Gasteiger partial charge >= 0.3 is 0 Å². The van der Waals surface area contributed by atoms with Crippen LogP contribution in [0.25, 0.3) is 0 Å². The van der Waals surface area contributed by atoms with E-state index in [1.54, 1.807) is 11.8 Å². The third kappa shape index (κ3) is 4.00. The molecule has 1 aliphatic heterocycles. The lowest BCUT2D eigenvalue weighted by Gasteiger charge is -2.19. The van der Waals surface area contributed by atoms with Crippen LogP contribution in [-0.4, -0.2) is 41.8 Å². The van der Waals surface area contributed by atoms with Gasteiger partial charge in [0.25, 0.3) is 5.91 Å². The minimum absolute atomic E-state index is 0.0331. The molecule has 0 unspecified atom stereocenters. The van der Waals surface area contributed by atoms with E-state index in [4.69, 9.17) is 0 Å². The lowest BCUT2D eigenvalue weighted by Crippen LogP contribution is -2.29. The van der Waals surface area contributed by atoms with E-state index in [-0.39, 0.29) is 11.8 Å². The topological polar surface area (TPSA) is 49.4 Å². The monoisotopic (exact) mass is 306 g/mol. The Morgan fingerprint density at radius 3 is 2.67 bits per heavy atom. The van der Waals surface area contributed by atoms with Crippen LogP contribution in [0, 0.1) is 6.92 Å². The fourth-order valence-electron chi connectivity index (χ4n) is 2.54. The first-order chi connectivity index (χ1) is 10.1. The normalized spacial score (nSPS) is 14.3. The standard InChI is InChI=1S/C16H22N2O2S/c1-12-6-5-7-13(17-14(19)8-11-21-2)15(12)16(20)18-9-3-4-10-18/h5-7H,3-4,8-11H2,1-2H3,(H,17,19). The summed E-state index contributed by atoms with van der Waals surface area (Å²) in [7, 11) is 0. The number of carbonyl (C=O) groups excluding carboxylic acids is 2. The molecule has 0 aliphatic carbocycles. The van der Waals surface area contributed by atoms with Crippen molar-refractivity contribution in [1.82, 2.24) is 4.90 Å². The minimum atomic E-state index is -0.0366. The Labute approximate surface area is 130 Å². The number of thioether (sulfide) groups is 1. The highest BCUT2D eigenvalue weighted by atomic mass is 32.2. The zero-order valence-electron chi connectivity index (χ0n) is 12.6. The summed E-state index contributed by atoms with van der Waals surface area (Å²) in [5, 5.41) is 2.89. The smallest absolute Gasteiger partial charge is 0.256 e. The molecule has 1 fully saturated rings. The van der Waals surface area contributed by atoms with Gasteiger partial charge in [-0.2, -0.15) is 11.8 Å². The Hall–Kier alpha value is -1.49. The molecular formula is C16H22N2O2S. The molecule has 1 aromatic carbocycles. The fraction of sp³-hybridized carbons (Fsp3) is 0.500. The number of likely N-dealkylation sites (tertiary alicyclic amines) is 1. The van der Waals surface area contributed by atoms with Gasteiger partial charge in [-0.25, -0.2) is 0 Å². The number of nitrogens with zero attached hydrogens (tertiary/aromatic N) is 1. The molecule has 1 heterocycles.